The molecule has 0 fully saturated rings. The zero-order valence-electron chi connectivity index (χ0n) is 9.35. The number of aromatic nitrogens is 1. The molecule has 5 heteroatoms. The van der Waals surface area contributed by atoms with E-state index in [-0.39, 0.29) is 17.4 Å². The second-order valence-corrected chi connectivity index (χ2v) is 3.61. The van der Waals surface area contributed by atoms with Gasteiger partial charge in [0.15, 0.2) is 5.69 Å². The van der Waals surface area contributed by atoms with Gasteiger partial charge in [-0.1, -0.05) is 0 Å². The molecule has 1 rings (SSSR count). The van der Waals surface area contributed by atoms with E-state index < -0.39 is 11.9 Å². The van der Waals surface area contributed by atoms with Crippen molar-refractivity contribution in [3.8, 4) is 0 Å². The van der Waals surface area contributed by atoms with E-state index in [0.717, 1.165) is 0 Å². The molecule has 5 nitrogen and oxygen atoms in total. The summed E-state index contributed by atoms with van der Waals surface area (Å²) in [7, 11) is 0. The number of carboxylic acid groups (broad SMARTS) is 1. The van der Waals surface area contributed by atoms with E-state index in [1.54, 1.807) is 26.8 Å². The lowest BCUT2D eigenvalue weighted by atomic mass is 10.1. The highest BCUT2D eigenvalue weighted by Gasteiger charge is 2.20. The average molecular weight is 223 g/mol. The Balaban J connectivity index is 3.12. The number of carboxylic acids is 1. The Hall–Kier alpha value is -1.91. The van der Waals surface area contributed by atoms with Crippen LogP contribution in [0, 0.1) is 6.92 Å². The van der Waals surface area contributed by atoms with Crippen molar-refractivity contribution in [2.24, 2.45) is 0 Å². The van der Waals surface area contributed by atoms with E-state index in [0.29, 0.717) is 5.69 Å². The molecule has 0 amide bonds. The smallest absolute Gasteiger partial charge is 0.355 e. The summed E-state index contributed by atoms with van der Waals surface area (Å²) in [5.74, 6) is -1.90. The van der Waals surface area contributed by atoms with E-state index in [9.17, 15) is 9.59 Å². The maximum atomic E-state index is 11.6. The summed E-state index contributed by atoms with van der Waals surface area (Å²) >= 11 is 0. The van der Waals surface area contributed by atoms with Gasteiger partial charge in [-0.15, -0.1) is 0 Å². The van der Waals surface area contributed by atoms with Crippen molar-refractivity contribution in [3.63, 3.8) is 0 Å². The summed E-state index contributed by atoms with van der Waals surface area (Å²) in [5, 5.41) is 8.90. The molecule has 0 saturated heterocycles. The van der Waals surface area contributed by atoms with E-state index in [2.05, 4.69) is 4.98 Å². The predicted octanol–water partition coefficient (Wildman–Crippen LogP) is 1.65. The first-order valence-corrected chi connectivity index (χ1v) is 4.83. The number of nitrogens with zero attached hydrogens (tertiary/aromatic N) is 1. The van der Waals surface area contributed by atoms with Crippen molar-refractivity contribution >= 4 is 11.9 Å². The minimum atomic E-state index is -1.24. The fourth-order valence-corrected chi connectivity index (χ4v) is 1.16. The summed E-state index contributed by atoms with van der Waals surface area (Å²) in [6.45, 7) is 5.05. The number of hydrogen-bond donors (Lipinski definition) is 1. The number of rotatable bonds is 3. The highest BCUT2D eigenvalue weighted by atomic mass is 16.5. The van der Waals surface area contributed by atoms with Gasteiger partial charge in [0.2, 0.25) is 0 Å². The van der Waals surface area contributed by atoms with Crippen molar-refractivity contribution in [1.29, 1.82) is 0 Å². The molecule has 16 heavy (non-hydrogen) atoms. The number of carbonyl (C=O) groups excluding carboxylic acids is 1. The second kappa shape index (κ2) is 4.74. The van der Waals surface area contributed by atoms with Gasteiger partial charge in [0.25, 0.3) is 0 Å². The van der Waals surface area contributed by atoms with Crippen molar-refractivity contribution in [2.45, 2.75) is 26.9 Å². The minimum Gasteiger partial charge on any atom is -0.476 e. The number of ether oxygens (including phenoxy) is 1. The van der Waals surface area contributed by atoms with Crippen LogP contribution in [0.15, 0.2) is 12.1 Å². The number of aromatic carboxylic acids is 1. The van der Waals surface area contributed by atoms with Crippen LogP contribution in [-0.2, 0) is 4.74 Å². The molecule has 0 radical (unpaired) electrons. The molecule has 0 aromatic carbocycles. The molecule has 0 unspecified atom stereocenters. The predicted molar refractivity (Wildman–Crippen MR) is 56.5 cm³/mol. The Morgan fingerprint density at radius 2 is 2.00 bits per heavy atom. The summed E-state index contributed by atoms with van der Waals surface area (Å²) in [4.78, 5) is 26.3. The lowest BCUT2D eigenvalue weighted by molar-refractivity contribution is 0.0369. The molecular weight excluding hydrogens is 210 g/mol. The Labute approximate surface area is 93.1 Å². The third-order valence-electron chi connectivity index (χ3n) is 1.80. The maximum Gasteiger partial charge on any atom is 0.355 e. The normalized spacial score (nSPS) is 10.2. The van der Waals surface area contributed by atoms with Gasteiger partial charge in [-0.2, -0.15) is 0 Å². The molecular formula is C11H13NO4. The number of hydrogen-bond acceptors (Lipinski definition) is 4. The van der Waals surface area contributed by atoms with Crippen LogP contribution >= 0.6 is 0 Å². The highest BCUT2D eigenvalue weighted by Crippen LogP contribution is 2.10. The van der Waals surface area contributed by atoms with Gasteiger partial charge in [0, 0.05) is 5.69 Å². The van der Waals surface area contributed by atoms with Crippen LogP contribution < -0.4 is 0 Å². The van der Waals surface area contributed by atoms with Crippen LogP contribution in [0.3, 0.4) is 0 Å². The molecule has 1 aromatic heterocycles. The van der Waals surface area contributed by atoms with Crippen molar-refractivity contribution in [3.05, 3.63) is 29.1 Å². The molecule has 0 spiro atoms. The van der Waals surface area contributed by atoms with Crippen LogP contribution in [0.25, 0.3) is 0 Å². The fraction of sp³-hybridized carbons (Fsp3) is 0.364. The number of esters is 1. The van der Waals surface area contributed by atoms with E-state index in [4.69, 9.17) is 9.84 Å². The van der Waals surface area contributed by atoms with Gasteiger partial charge in [-0.25, -0.2) is 14.6 Å². The van der Waals surface area contributed by atoms with Gasteiger partial charge in [-0.3, -0.25) is 0 Å². The molecule has 0 aliphatic heterocycles. The fourth-order valence-electron chi connectivity index (χ4n) is 1.16. The monoisotopic (exact) mass is 223 g/mol. The second-order valence-electron chi connectivity index (χ2n) is 3.61. The van der Waals surface area contributed by atoms with Gasteiger partial charge >= 0.3 is 11.9 Å². The molecule has 0 aliphatic rings. The van der Waals surface area contributed by atoms with Crippen molar-refractivity contribution in [1.82, 2.24) is 4.98 Å². The summed E-state index contributed by atoms with van der Waals surface area (Å²) in [5.41, 5.74) is 0.246. The Kier molecular flexibility index (Phi) is 3.60. The van der Waals surface area contributed by atoms with Crippen LogP contribution in [-0.4, -0.2) is 28.1 Å². The summed E-state index contributed by atoms with van der Waals surface area (Å²) in [6.07, 6.45) is -0.296. The van der Waals surface area contributed by atoms with E-state index in [1.807, 2.05) is 0 Å². The molecule has 0 atom stereocenters. The molecule has 1 aromatic rings. The first kappa shape index (κ1) is 12.2. The molecule has 0 aliphatic carbocycles. The Bertz CT molecular complexity index is 426. The molecule has 0 bridgehead atoms. The van der Waals surface area contributed by atoms with Crippen molar-refractivity contribution < 1.29 is 19.4 Å². The lowest BCUT2D eigenvalue weighted by Crippen LogP contribution is -2.17. The van der Waals surface area contributed by atoms with Gasteiger partial charge in [-0.05, 0) is 32.9 Å². The number of pyridine rings is 1. The standard InChI is InChI=1S/C11H13NO4/c1-6(2)16-11(15)8-5-4-7(3)12-9(8)10(13)14/h4-6H,1-3H3,(H,13,14). The summed E-state index contributed by atoms with van der Waals surface area (Å²) < 4.78 is 4.92. The maximum absolute atomic E-state index is 11.6. The Morgan fingerprint density at radius 1 is 1.38 bits per heavy atom. The molecule has 1 N–H and O–H groups in total. The summed E-state index contributed by atoms with van der Waals surface area (Å²) in [6, 6.07) is 2.99. The number of aryl methyl sites for hydroxylation is 1. The minimum absolute atomic E-state index is 0.0215. The Morgan fingerprint density at radius 3 is 2.50 bits per heavy atom. The van der Waals surface area contributed by atoms with Gasteiger partial charge in [0.05, 0.1) is 11.7 Å². The lowest BCUT2D eigenvalue weighted by Gasteiger charge is -2.09. The third-order valence-corrected chi connectivity index (χ3v) is 1.80. The van der Waals surface area contributed by atoms with Crippen LogP contribution in [0.5, 0.6) is 0 Å². The van der Waals surface area contributed by atoms with E-state index in [1.165, 1.54) is 6.07 Å². The highest BCUT2D eigenvalue weighted by molar-refractivity contribution is 6.01. The van der Waals surface area contributed by atoms with Crippen LogP contribution in [0.1, 0.15) is 40.4 Å². The quantitative estimate of drug-likeness (QED) is 0.788. The molecule has 86 valence electrons. The topological polar surface area (TPSA) is 76.5 Å². The van der Waals surface area contributed by atoms with Crippen LogP contribution in [0.4, 0.5) is 0 Å². The van der Waals surface area contributed by atoms with Crippen molar-refractivity contribution in [2.75, 3.05) is 0 Å². The zero-order valence-corrected chi connectivity index (χ0v) is 9.35. The van der Waals surface area contributed by atoms with E-state index >= 15 is 0 Å². The largest absolute Gasteiger partial charge is 0.476 e. The average Bonchev–Trinajstić information content (AvgIpc) is 2.16. The van der Waals surface area contributed by atoms with Crippen LogP contribution in [0.2, 0.25) is 0 Å². The van der Waals surface area contributed by atoms with Gasteiger partial charge < -0.3 is 9.84 Å². The first-order valence-electron chi connectivity index (χ1n) is 4.83. The molecule has 0 saturated carbocycles. The zero-order chi connectivity index (χ0) is 12.3. The SMILES string of the molecule is Cc1ccc(C(=O)OC(C)C)c(C(=O)O)n1. The third kappa shape index (κ3) is 2.79. The molecule has 1 heterocycles. The first-order chi connectivity index (χ1) is 7.41. The number of carbonyl (C=O) groups is 2. The van der Waals surface area contributed by atoms with Gasteiger partial charge in [0.1, 0.15) is 0 Å².